The Morgan fingerprint density at radius 2 is 1.77 bits per heavy atom. The fourth-order valence-electron chi connectivity index (χ4n) is 2.52. The molecule has 0 aliphatic heterocycles. The highest BCUT2D eigenvalue weighted by atomic mass is 35.5. The first kappa shape index (κ1) is 22.7. The molecule has 7 nitrogen and oxygen atoms in total. The first-order valence-electron chi connectivity index (χ1n) is 9.04. The standard InChI is InChI=1S/C21H16Cl2N2O5S/c1-2-29-21(28)19-14(10-15(31-19)12-6-4-3-5-7-12)24-17(26)11-30-20(27)18-13(22)8-9-16(23)25-18/h3-10H,2,11H2,1H3,(H,24,26). The van der Waals surface area contributed by atoms with Gasteiger partial charge in [0.05, 0.1) is 17.3 Å². The summed E-state index contributed by atoms with van der Waals surface area (Å²) in [5.41, 5.74) is 0.949. The molecule has 3 aromatic rings. The van der Waals surface area contributed by atoms with Crippen LogP contribution in [0.4, 0.5) is 5.69 Å². The van der Waals surface area contributed by atoms with Crippen molar-refractivity contribution in [3.63, 3.8) is 0 Å². The molecule has 0 saturated carbocycles. The van der Waals surface area contributed by atoms with E-state index >= 15 is 0 Å². The maximum absolute atomic E-state index is 12.4. The molecule has 3 rings (SSSR count). The molecule has 160 valence electrons. The van der Waals surface area contributed by atoms with Crippen LogP contribution in [-0.4, -0.2) is 36.0 Å². The zero-order valence-corrected chi connectivity index (χ0v) is 18.5. The highest BCUT2D eigenvalue weighted by Gasteiger charge is 2.21. The van der Waals surface area contributed by atoms with Crippen LogP contribution in [0.2, 0.25) is 10.2 Å². The van der Waals surface area contributed by atoms with E-state index in [9.17, 15) is 14.4 Å². The van der Waals surface area contributed by atoms with Crippen molar-refractivity contribution in [2.75, 3.05) is 18.5 Å². The van der Waals surface area contributed by atoms with Crippen molar-refractivity contribution in [3.8, 4) is 10.4 Å². The van der Waals surface area contributed by atoms with Crippen LogP contribution in [0, 0.1) is 0 Å². The monoisotopic (exact) mass is 478 g/mol. The lowest BCUT2D eigenvalue weighted by molar-refractivity contribution is -0.119. The van der Waals surface area contributed by atoms with Gasteiger partial charge in [0, 0.05) is 4.88 Å². The second-order valence-corrected chi connectivity index (χ2v) is 7.88. The van der Waals surface area contributed by atoms with Crippen LogP contribution in [0.5, 0.6) is 0 Å². The number of benzene rings is 1. The topological polar surface area (TPSA) is 94.6 Å². The van der Waals surface area contributed by atoms with Gasteiger partial charge in [0.1, 0.15) is 10.0 Å². The second-order valence-electron chi connectivity index (χ2n) is 6.03. The molecule has 0 saturated heterocycles. The van der Waals surface area contributed by atoms with Gasteiger partial charge in [-0.3, -0.25) is 4.79 Å². The summed E-state index contributed by atoms with van der Waals surface area (Å²) >= 11 is 12.9. The number of nitrogens with one attached hydrogen (secondary N) is 1. The molecule has 1 N–H and O–H groups in total. The molecule has 0 atom stereocenters. The molecule has 31 heavy (non-hydrogen) atoms. The normalized spacial score (nSPS) is 10.4. The van der Waals surface area contributed by atoms with Gasteiger partial charge >= 0.3 is 11.9 Å². The number of amides is 1. The van der Waals surface area contributed by atoms with E-state index in [2.05, 4.69) is 10.3 Å². The molecule has 0 fully saturated rings. The number of rotatable bonds is 7. The molecule has 2 heterocycles. The average molecular weight is 479 g/mol. The summed E-state index contributed by atoms with van der Waals surface area (Å²) in [4.78, 5) is 41.6. The van der Waals surface area contributed by atoms with Crippen molar-refractivity contribution in [1.29, 1.82) is 0 Å². The van der Waals surface area contributed by atoms with E-state index in [1.54, 1.807) is 13.0 Å². The Balaban J connectivity index is 1.73. The van der Waals surface area contributed by atoms with Crippen molar-refractivity contribution in [2.24, 2.45) is 0 Å². The van der Waals surface area contributed by atoms with E-state index in [1.165, 1.54) is 23.5 Å². The summed E-state index contributed by atoms with van der Waals surface area (Å²) in [7, 11) is 0. The fraction of sp³-hybridized carbons (Fsp3) is 0.143. The number of nitrogens with zero attached hydrogens (tertiary/aromatic N) is 1. The van der Waals surface area contributed by atoms with Gasteiger partial charge in [0.25, 0.3) is 5.91 Å². The Labute approximate surface area is 191 Å². The van der Waals surface area contributed by atoms with Gasteiger partial charge < -0.3 is 14.8 Å². The van der Waals surface area contributed by atoms with Crippen LogP contribution in [0.15, 0.2) is 48.5 Å². The molecular weight excluding hydrogens is 463 g/mol. The van der Waals surface area contributed by atoms with E-state index in [4.69, 9.17) is 32.7 Å². The summed E-state index contributed by atoms with van der Waals surface area (Å²) in [5.74, 6) is -2.10. The largest absolute Gasteiger partial charge is 0.462 e. The van der Waals surface area contributed by atoms with Crippen molar-refractivity contribution >= 4 is 58.1 Å². The maximum Gasteiger partial charge on any atom is 0.359 e. The Morgan fingerprint density at radius 3 is 2.48 bits per heavy atom. The third kappa shape index (κ3) is 5.81. The van der Waals surface area contributed by atoms with E-state index in [1.807, 2.05) is 30.3 Å². The molecule has 0 bridgehead atoms. The predicted octanol–water partition coefficient (Wildman–Crippen LogP) is 5.09. The summed E-state index contributed by atoms with van der Waals surface area (Å²) in [6, 6.07) is 13.9. The first-order valence-corrected chi connectivity index (χ1v) is 10.6. The Hall–Kier alpha value is -2.94. The highest BCUT2D eigenvalue weighted by Crippen LogP contribution is 2.35. The molecule has 0 radical (unpaired) electrons. The molecule has 2 aromatic heterocycles. The van der Waals surface area contributed by atoms with Gasteiger partial charge in [0.15, 0.2) is 12.3 Å². The van der Waals surface area contributed by atoms with Crippen LogP contribution >= 0.6 is 34.5 Å². The van der Waals surface area contributed by atoms with E-state index in [0.717, 1.165) is 10.4 Å². The zero-order valence-electron chi connectivity index (χ0n) is 16.2. The molecule has 0 spiro atoms. The summed E-state index contributed by atoms with van der Waals surface area (Å²) < 4.78 is 10.0. The quantitative estimate of drug-likeness (QED) is 0.375. The SMILES string of the molecule is CCOC(=O)c1sc(-c2ccccc2)cc1NC(=O)COC(=O)c1nc(Cl)ccc1Cl. The molecule has 0 unspecified atom stereocenters. The Bertz CT molecular complexity index is 1120. The Morgan fingerprint density at radius 1 is 1.03 bits per heavy atom. The summed E-state index contributed by atoms with van der Waals surface area (Å²) in [5, 5.41) is 2.69. The van der Waals surface area contributed by atoms with Crippen molar-refractivity contribution in [2.45, 2.75) is 6.92 Å². The van der Waals surface area contributed by atoms with Gasteiger partial charge in [-0.2, -0.15) is 0 Å². The number of esters is 2. The number of hydrogen-bond donors (Lipinski definition) is 1. The number of ether oxygens (including phenoxy) is 2. The first-order chi connectivity index (χ1) is 14.9. The molecule has 10 heteroatoms. The van der Waals surface area contributed by atoms with Crippen LogP contribution < -0.4 is 5.32 Å². The van der Waals surface area contributed by atoms with E-state index in [-0.39, 0.29) is 33.0 Å². The van der Waals surface area contributed by atoms with Crippen LogP contribution in [0.25, 0.3) is 10.4 Å². The molecular formula is C21H16Cl2N2O5S. The van der Waals surface area contributed by atoms with E-state index in [0.29, 0.717) is 0 Å². The average Bonchev–Trinajstić information content (AvgIpc) is 3.18. The number of anilines is 1. The molecule has 1 amide bonds. The molecule has 1 aromatic carbocycles. The highest BCUT2D eigenvalue weighted by molar-refractivity contribution is 7.18. The van der Waals surface area contributed by atoms with E-state index < -0.39 is 24.5 Å². The van der Waals surface area contributed by atoms with Crippen LogP contribution in [0.1, 0.15) is 27.1 Å². The lowest BCUT2D eigenvalue weighted by Crippen LogP contribution is -2.22. The summed E-state index contributed by atoms with van der Waals surface area (Å²) in [6.07, 6.45) is 0. The number of pyridine rings is 1. The third-order valence-corrected chi connectivity index (χ3v) is 5.54. The zero-order chi connectivity index (χ0) is 22.4. The van der Waals surface area contributed by atoms with Gasteiger partial charge in [-0.05, 0) is 30.7 Å². The van der Waals surface area contributed by atoms with Gasteiger partial charge in [-0.15, -0.1) is 11.3 Å². The lowest BCUT2D eigenvalue weighted by atomic mass is 10.2. The smallest absolute Gasteiger partial charge is 0.359 e. The minimum Gasteiger partial charge on any atom is -0.462 e. The predicted molar refractivity (Wildman–Crippen MR) is 119 cm³/mol. The van der Waals surface area contributed by atoms with Gasteiger partial charge in [0.2, 0.25) is 0 Å². The molecule has 0 aliphatic rings. The minimum absolute atomic E-state index is 0.0461. The number of carbonyl (C=O) groups excluding carboxylic acids is 3. The number of thiophene rings is 1. The molecule has 0 aliphatic carbocycles. The van der Waals surface area contributed by atoms with Crippen molar-refractivity contribution in [3.05, 3.63) is 69.3 Å². The lowest BCUT2D eigenvalue weighted by Gasteiger charge is -2.08. The summed E-state index contributed by atoms with van der Waals surface area (Å²) in [6.45, 7) is 1.27. The number of carbonyl (C=O) groups is 3. The maximum atomic E-state index is 12.4. The fourth-order valence-corrected chi connectivity index (χ4v) is 3.87. The Kier molecular flexibility index (Phi) is 7.62. The minimum atomic E-state index is -0.899. The van der Waals surface area contributed by atoms with Crippen molar-refractivity contribution < 1.29 is 23.9 Å². The number of halogens is 2. The van der Waals surface area contributed by atoms with Crippen molar-refractivity contribution in [1.82, 2.24) is 4.98 Å². The van der Waals surface area contributed by atoms with Crippen LogP contribution in [-0.2, 0) is 14.3 Å². The number of hydrogen-bond acceptors (Lipinski definition) is 7. The third-order valence-electron chi connectivity index (χ3n) is 3.87. The van der Waals surface area contributed by atoms with Gasteiger partial charge in [-0.25, -0.2) is 14.6 Å². The van der Waals surface area contributed by atoms with Gasteiger partial charge in [-0.1, -0.05) is 53.5 Å². The van der Waals surface area contributed by atoms with Crippen LogP contribution in [0.3, 0.4) is 0 Å². The second kappa shape index (κ2) is 10.4. The number of aromatic nitrogens is 1.